The molecule has 0 saturated carbocycles. The molecule has 6 aromatic rings. The van der Waals surface area contributed by atoms with Crippen LogP contribution in [0.1, 0.15) is 154 Å². The quantitative estimate of drug-likeness (QED) is 0.0468. The lowest BCUT2D eigenvalue weighted by Crippen LogP contribution is -2.34. The Morgan fingerprint density at radius 2 is 0.528 bits per heavy atom. The summed E-state index contributed by atoms with van der Waals surface area (Å²) >= 11 is 0. The molecule has 0 aliphatic carbocycles. The average molecular weight is 979 g/mol. The topological polar surface area (TPSA) is 99.7 Å². The van der Waals surface area contributed by atoms with Crippen LogP contribution in [0.15, 0.2) is 97.1 Å². The average Bonchev–Trinajstić information content (AvgIpc) is 3.34. The van der Waals surface area contributed by atoms with Gasteiger partial charge in [-0.15, -0.1) is 0 Å². The Kier molecular flexibility index (Phi) is 19.5. The highest BCUT2D eigenvalue weighted by Crippen LogP contribution is 2.37. The van der Waals surface area contributed by atoms with E-state index in [0.717, 1.165) is 104 Å². The molecule has 6 rings (SSSR count). The molecule has 4 amide bonds. The summed E-state index contributed by atoms with van der Waals surface area (Å²) < 4.78 is 11.3. The summed E-state index contributed by atoms with van der Waals surface area (Å²) in [5.74, 6) is 0.334. The van der Waals surface area contributed by atoms with E-state index in [9.17, 15) is 19.2 Å². The number of fused-ring (bicyclic) bond motifs is 4. The van der Waals surface area contributed by atoms with Gasteiger partial charge in [-0.1, -0.05) is 161 Å². The molecule has 10 heteroatoms. The number of benzene rings is 6. The van der Waals surface area contributed by atoms with Gasteiger partial charge in [-0.25, -0.2) is 9.59 Å². The van der Waals surface area contributed by atoms with Crippen molar-refractivity contribution in [3.63, 3.8) is 0 Å². The molecule has 72 heavy (non-hydrogen) atoms. The van der Waals surface area contributed by atoms with Crippen molar-refractivity contribution in [3.05, 3.63) is 119 Å². The summed E-state index contributed by atoms with van der Waals surface area (Å²) in [6.45, 7) is 13.1. The van der Waals surface area contributed by atoms with Crippen molar-refractivity contribution in [2.45, 2.75) is 169 Å². The van der Waals surface area contributed by atoms with Gasteiger partial charge in [-0.05, 0) is 120 Å². The number of rotatable bonds is 23. The van der Waals surface area contributed by atoms with Crippen LogP contribution in [0.2, 0.25) is 0 Å². The van der Waals surface area contributed by atoms with Gasteiger partial charge in [0.15, 0.2) is 0 Å². The van der Waals surface area contributed by atoms with Crippen molar-refractivity contribution >= 4 is 67.1 Å². The molecule has 6 aromatic carbocycles. The highest BCUT2D eigenvalue weighted by molar-refractivity contribution is 6.07. The molecule has 0 N–H and O–H groups in total. The first-order valence-corrected chi connectivity index (χ1v) is 26.5. The van der Waals surface area contributed by atoms with Crippen molar-refractivity contribution in [2.75, 3.05) is 28.2 Å². The minimum Gasteiger partial charge on any atom is -0.444 e. The summed E-state index contributed by atoms with van der Waals surface area (Å²) in [5.41, 5.74) is 3.24. The molecule has 0 bridgehead atoms. The lowest BCUT2D eigenvalue weighted by atomic mass is 9.91. The van der Waals surface area contributed by atoms with Gasteiger partial charge in [0.1, 0.15) is 11.2 Å². The summed E-state index contributed by atoms with van der Waals surface area (Å²) in [4.78, 5) is 59.8. The molecule has 0 aromatic heterocycles. The maximum Gasteiger partial charge on any atom is 0.410 e. The third kappa shape index (κ3) is 15.2. The van der Waals surface area contributed by atoms with Crippen molar-refractivity contribution in [1.29, 1.82) is 0 Å². The van der Waals surface area contributed by atoms with E-state index in [4.69, 9.17) is 9.47 Å². The second-order valence-corrected chi connectivity index (χ2v) is 22.0. The third-order valence-corrected chi connectivity index (χ3v) is 13.7. The molecule has 0 aliphatic heterocycles. The van der Waals surface area contributed by atoms with Crippen LogP contribution in [-0.2, 0) is 45.2 Å². The number of hydrogen-bond acceptors (Lipinski definition) is 6. The molecular weight excluding hydrogens is 897 g/mol. The maximum atomic E-state index is 13.4. The van der Waals surface area contributed by atoms with E-state index in [1.165, 1.54) is 38.5 Å². The van der Waals surface area contributed by atoms with Crippen LogP contribution in [-0.4, -0.2) is 83.0 Å². The number of hydrogen-bond donors (Lipinski definition) is 0. The Hall–Kier alpha value is -6.16. The van der Waals surface area contributed by atoms with Crippen LogP contribution in [0.5, 0.6) is 0 Å². The first-order chi connectivity index (χ1) is 34.3. The number of nitrogens with zero attached hydrogens (tertiary/aromatic N) is 4. The van der Waals surface area contributed by atoms with Crippen LogP contribution >= 0.6 is 0 Å². The van der Waals surface area contributed by atoms with Gasteiger partial charge in [0.25, 0.3) is 0 Å². The zero-order valence-corrected chi connectivity index (χ0v) is 45.2. The number of ether oxygens (including phenoxy) is 2. The van der Waals surface area contributed by atoms with E-state index < -0.39 is 11.2 Å². The van der Waals surface area contributed by atoms with E-state index in [1.807, 2.05) is 114 Å². The molecule has 0 saturated heterocycles. The van der Waals surface area contributed by atoms with Crippen LogP contribution in [0.25, 0.3) is 43.1 Å². The first kappa shape index (κ1) is 55.2. The minimum atomic E-state index is -0.578. The van der Waals surface area contributed by atoms with Crippen molar-refractivity contribution in [1.82, 2.24) is 19.6 Å². The number of carbonyl (C=O) groups excluding carboxylic acids is 4. The predicted molar refractivity (Wildman–Crippen MR) is 296 cm³/mol. The van der Waals surface area contributed by atoms with Gasteiger partial charge >= 0.3 is 12.2 Å². The van der Waals surface area contributed by atoms with E-state index in [0.29, 0.717) is 39.0 Å². The van der Waals surface area contributed by atoms with E-state index in [1.54, 1.807) is 23.9 Å². The Morgan fingerprint density at radius 1 is 0.333 bits per heavy atom. The maximum absolute atomic E-state index is 13.4. The smallest absolute Gasteiger partial charge is 0.410 e. The molecule has 386 valence electrons. The van der Waals surface area contributed by atoms with Gasteiger partial charge in [-0.3, -0.25) is 9.59 Å². The van der Waals surface area contributed by atoms with Gasteiger partial charge in [0.2, 0.25) is 11.8 Å². The van der Waals surface area contributed by atoms with Crippen LogP contribution < -0.4 is 0 Å². The third-order valence-electron chi connectivity index (χ3n) is 13.7. The summed E-state index contributed by atoms with van der Waals surface area (Å²) in [6.07, 6.45) is 14.0. The van der Waals surface area contributed by atoms with Gasteiger partial charge < -0.3 is 29.1 Å². The van der Waals surface area contributed by atoms with Gasteiger partial charge in [0, 0.05) is 67.2 Å². The molecule has 10 nitrogen and oxygen atoms in total. The molecule has 0 fully saturated rings. The zero-order valence-electron chi connectivity index (χ0n) is 45.2. The molecule has 0 radical (unpaired) electrons. The van der Waals surface area contributed by atoms with Gasteiger partial charge in [0.05, 0.1) is 0 Å². The molecule has 0 heterocycles. The molecular formula is C62H82N4O6. The second-order valence-electron chi connectivity index (χ2n) is 22.0. The number of unbranched alkanes of at least 4 members (excludes halogenated alkanes) is 11. The van der Waals surface area contributed by atoms with Crippen LogP contribution in [0.3, 0.4) is 0 Å². The SMILES string of the molecule is CN(Cc1c2ccccc2c(CN(C)C(=O)OC(C)(C)C)c2ccccc12)C(=O)CCCCCCCCCCCCCCC(=O)N(C)Cc1c2ccccc2c(CN(C)C(=O)OC(C)(C)C)c2ccccc12. The highest BCUT2D eigenvalue weighted by Gasteiger charge is 2.25. The Balaban J connectivity index is 0.865. The molecule has 0 aliphatic rings. The summed E-state index contributed by atoms with van der Waals surface area (Å²) in [7, 11) is 7.39. The Morgan fingerprint density at radius 3 is 0.736 bits per heavy atom. The molecule has 0 unspecified atom stereocenters. The number of amides is 4. The second kappa shape index (κ2) is 25.5. The lowest BCUT2D eigenvalue weighted by molar-refractivity contribution is -0.131. The fourth-order valence-electron chi connectivity index (χ4n) is 9.94. The standard InChI is InChI=1S/C62H82N4O6/c1-61(2,3)71-59(69)65(9)43-55-49-35-27-23-31-45(49)53(46-32-24-28-36-50(46)55)41-63(7)57(67)39-21-19-17-15-13-11-12-14-16-18-20-22-40-58(68)64(8)42-54-47-33-25-29-37-51(47)56(52-38-30-26-34-48(52)54)44-66(10)60(70)72-62(4,5)6/h23-38H,11-22,39-44H2,1-10H3. The molecule has 0 atom stereocenters. The number of carbonyl (C=O) groups is 4. The Labute approximate surface area is 430 Å². The first-order valence-electron chi connectivity index (χ1n) is 26.5. The van der Waals surface area contributed by atoms with Crippen LogP contribution in [0.4, 0.5) is 9.59 Å². The van der Waals surface area contributed by atoms with E-state index in [-0.39, 0.29) is 24.0 Å². The van der Waals surface area contributed by atoms with Crippen molar-refractivity contribution < 1.29 is 28.7 Å². The monoisotopic (exact) mass is 979 g/mol. The normalized spacial score (nSPS) is 11.9. The van der Waals surface area contributed by atoms with Crippen LogP contribution in [0, 0.1) is 0 Å². The van der Waals surface area contributed by atoms with Crippen molar-refractivity contribution in [3.8, 4) is 0 Å². The molecule has 0 spiro atoms. The summed E-state index contributed by atoms with van der Waals surface area (Å²) in [6, 6.07) is 33.3. The fraction of sp³-hybridized carbons (Fsp3) is 0.484. The zero-order chi connectivity index (χ0) is 52.0. The summed E-state index contributed by atoms with van der Waals surface area (Å²) in [5, 5.41) is 8.72. The van der Waals surface area contributed by atoms with E-state index >= 15 is 0 Å². The Bertz CT molecular complexity index is 2500. The lowest BCUT2D eigenvalue weighted by Gasteiger charge is -2.26. The van der Waals surface area contributed by atoms with E-state index in [2.05, 4.69) is 48.5 Å². The highest BCUT2D eigenvalue weighted by atomic mass is 16.6. The minimum absolute atomic E-state index is 0.167. The largest absolute Gasteiger partial charge is 0.444 e. The predicted octanol–water partition coefficient (Wildman–Crippen LogP) is 15.1. The van der Waals surface area contributed by atoms with Gasteiger partial charge in [-0.2, -0.15) is 0 Å². The van der Waals surface area contributed by atoms with Crippen molar-refractivity contribution in [2.24, 2.45) is 0 Å². The fourth-order valence-corrected chi connectivity index (χ4v) is 9.94.